The van der Waals surface area contributed by atoms with Crippen molar-refractivity contribution < 1.29 is 28.1 Å². The molecule has 4 aromatic carbocycles. The maximum absolute atomic E-state index is 13.9. The highest BCUT2D eigenvalue weighted by Gasteiger charge is 2.52. The predicted octanol–water partition coefficient (Wildman–Crippen LogP) is 7.46. The third kappa shape index (κ3) is 6.09. The summed E-state index contributed by atoms with van der Waals surface area (Å²) in [5, 5.41) is 0. The Labute approximate surface area is 280 Å². The fourth-order valence-electron chi connectivity index (χ4n) is 6.00. The lowest BCUT2D eigenvalue weighted by molar-refractivity contribution is 0.00578. The number of carbonyl (C=O) groups is 1. The summed E-state index contributed by atoms with van der Waals surface area (Å²) in [6.07, 6.45) is 0. The molecule has 0 aromatic heterocycles. The SMILES string of the molecule is CCOC(=O)c1c(-c2ccc(B3OC(C)(C)C(C)(C)O3)cc2)ccc(-c2ccc(B3OC(C)(C)C(C)(C)O3)cc2)c1-c1ccccc1. The summed E-state index contributed by atoms with van der Waals surface area (Å²) in [7, 11) is -0.929. The van der Waals surface area contributed by atoms with Gasteiger partial charge in [-0.25, -0.2) is 4.79 Å². The Morgan fingerprint density at radius 1 is 0.553 bits per heavy atom. The van der Waals surface area contributed by atoms with E-state index in [9.17, 15) is 4.79 Å². The second-order valence-corrected chi connectivity index (χ2v) is 14.4. The summed E-state index contributed by atoms with van der Waals surface area (Å²) >= 11 is 0. The maximum atomic E-state index is 13.9. The highest BCUT2D eigenvalue weighted by Crippen LogP contribution is 2.42. The predicted molar refractivity (Wildman–Crippen MR) is 190 cm³/mol. The van der Waals surface area contributed by atoms with Crippen LogP contribution < -0.4 is 10.9 Å². The molecule has 242 valence electrons. The molecule has 2 heterocycles. The van der Waals surface area contributed by atoms with E-state index in [1.165, 1.54) is 0 Å². The molecular formula is C39H44B2O6. The minimum Gasteiger partial charge on any atom is -0.462 e. The van der Waals surface area contributed by atoms with E-state index < -0.39 is 36.6 Å². The van der Waals surface area contributed by atoms with E-state index >= 15 is 0 Å². The van der Waals surface area contributed by atoms with Gasteiger partial charge in [0.25, 0.3) is 0 Å². The Bertz CT molecular complexity index is 1730. The Hall–Kier alpha value is -3.68. The van der Waals surface area contributed by atoms with E-state index in [2.05, 4.69) is 45.9 Å². The van der Waals surface area contributed by atoms with E-state index in [1.807, 2.05) is 107 Å². The number of esters is 1. The van der Waals surface area contributed by atoms with E-state index in [1.54, 1.807) is 0 Å². The van der Waals surface area contributed by atoms with Crippen LogP contribution in [-0.4, -0.2) is 49.2 Å². The van der Waals surface area contributed by atoms with Crippen molar-refractivity contribution in [2.45, 2.75) is 84.7 Å². The summed E-state index contributed by atoms with van der Waals surface area (Å²) in [6.45, 7) is 18.5. The maximum Gasteiger partial charge on any atom is 0.494 e. The number of hydrogen-bond acceptors (Lipinski definition) is 6. The van der Waals surface area contributed by atoms with Gasteiger partial charge in [0.2, 0.25) is 0 Å². The van der Waals surface area contributed by atoms with Gasteiger partial charge in [-0.1, -0.05) is 91.0 Å². The Morgan fingerprint density at radius 2 is 0.957 bits per heavy atom. The lowest BCUT2D eigenvalue weighted by Crippen LogP contribution is -2.41. The molecule has 2 aliphatic heterocycles. The van der Waals surface area contributed by atoms with Crippen molar-refractivity contribution >= 4 is 31.1 Å². The zero-order valence-corrected chi connectivity index (χ0v) is 29.0. The van der Waals surface area contributed by atoms with Crippen LogP contribution in [0.3, 0.4) is 0 Å². The molecule has 8 heteroatoms. The fourth-order valence-corrected chi connectivity index (χ4v) is 6.00. The molecule has 0 bridgehead atoms. The van der Waals surface area contributed by atoms with Crippen molar-refractivity contribution in [1.82, 2.24) is 0 Å². The van der Waals surface area contributed by atoms with Crippen molar-refractivity contribution in [2.75, 3.05) is 6.61 Å². The van der Waals surface area contributed by atoms with Gasteiger partial charge in [-0.3, -0.25) is 0 Å². The van der Waals surface area contributed by atoms with Gasteiger partial charge >= 0.3 is 20.2 Å². The first kappa shape index (κ1) is 33.2. The van der Waals surface area contributed by atoms with Gasteiger partial charge in [-0.05, 0) is 101 Å². The van der Waals surface area contributed by atoms with E-state index in [0.717, 1.165) is 44.3 Å². The first-order chi connectivity index (χ1) is 22.1. The van der Waals surface area contributed by atoms with Gasteiger partial charge in [0.1, 0.15) is 0 Å². The largest absolute Gasteiger partial charge is 0.494 e. The van der Waals surface area contributed by atoms with Crippen LogP contribution in [0.25, 0.3) is 33.4 Å². The highest BCUT2D eigenvalue weighted by atomic mass is 16.7. The molecule has 4 aromatic rings. The molecule has 0 radical (unpaired) electrons. The summed E-state index contributed by atoms with van der Waals surface area (Å²) in [5.74, 6) is -0.368. The normalized spacial score (nSPS) is 19.2. The van der Waals surface area contributed by atoms with Crippen LogP contribution in [0.5, 0.6) is 0 Å². The van der Waals surface area contributed by atoms with Crippen LogP contribution >= 0.6 is 0 Å². The molecule has 0 saturated carbocycles. The monoisotopic (exact) mass is 630 g/mol. The fraction of sp³-hybridized carbons (Fsp3) is 0.359. The first-order valence-electron chi connectivity index (χ1n) is 16.5. The molecule has 0 spiro atoms. The van der Waals surface area contributed by atoms with Gasteiger partial charge < -0.3 is 23.4 Å². The number of ether oxygens (including phenoxy) is 1. The van der Waals surface area contributed by atoms with Crippen LogP contribution in [0.2, 0.25) is 0 Å². The van der Waals surface area contributed by atoms with Crippen molar-refractivity contribution in [3.63, 3.8) is 0 Å². The Kier molecular flexibility index (Phi) is 8.54. The molecule has 6 nitrogen and oxygen atoms in total. The average Bonchev–Trinajstić information content (AvgIpc) is 3.40. The van der Waals surface area contributed by atoms with E-state index in [4.69, 9.17) is 23.4 Å². The molecule has 6 rings (SSSR count). The molecule has 2 aliphatic rings. The third-order valence-corrected chi connectivity index (χ3v) is 10.2. The van der Waals surface area contributed by atoms with Gasteiger partial charge in [0, 0.05) is 5.56 Å². The van der Waals surface area contributed by atoms with Crippen molar-refractivity contribution in [3.05, 3.63) is 96.6 Å². The quantitative estimate of drug-likeness (QED) is 0.156. The number of carbonyl (C=O) groups excluding carboxylic acids is 1. The Balaban J connectivity index is 1.43. The molecular weight excluding hydrogens is 586 g/mol. The van der Waals surface area contributed by atoms with Crippen molar-refractivity contribution in [3.8, 4) is 33.4 Å². The summed E-state index contributed by atoms with van der Waals surface area (Å²) in [4.78, 5) is 13.9. The minimum absolute atomic E-state index is 0.264. The zero-order valence-electron chi connectivity index (χ0n) is 29.0. The molecule has 0 atom stereocenters. The minimum atomic E-state index is -0.471. The highest BCUT2D eigenvalue weighted by molar-refractivity contribution is 6.62. The average molecular weight is 630 g/mol. The lowest BCUT2D eigenvalue weighted by atomic mass is 9.77. The van der Waals surface area contributed by atoms with Crippen LogP contribution in [0.1, 0.15) is 72.7 Å². The summed E-state index contributed by atoms with van der Waals surface area (Å²) in [6, 6.07) is 30.4. The number of rotatable bonds is 7. The van der Waals surface area contributed by atoms with Gasteiger partial charge in [0.15, 0.2) is 0 Å². The zero-order chi connectivity index (χ0) is 33.8. The van der Waals surface area contributed by atoms with Gasteiger partial charge in [-0.15, -0.1) is 0 Å². The molecule has 0 N–H and O–H groups in total. The standard InChI is InChI=1S/C39H44B2O6/c1-10-43-35(42)34-32(27-18-22-30(23-19-27)41-46-38(6,7)39(8,9)47-41)25-24-31(33(34)28-14-12-11-13-15-28)26-16-20-29(21-17-26)40-44-36(2,3)37(4,5)45-40/h11-25H,10H2,1-9H3. The topological polar surface area (TPSA) is 63.2 Å². The second-order valence-electron chi connectivity index (χ2n) is 14.4. The number of benzene rings is 4. The number of hydrogen-bond donors (Lipinski definition) is 0. The third-order valence-electron chi connectivity index (χ3n) is 10.2. The van der Waals surface area contributed by atoms with Gasteiger partial charge in [-0.2, -0.15) is 0 Å². The molecule has 2 saturated heterocycles. The van der Waals surface area contributed by atoms with Gasteiger partial charge in [0.05, 0.1) is 34.6 Å². The van der Waals surface area contributed by atoms with Crippen molar-refractivity contribution in [2.24, 2.45) is 0 Å². The van der Waals surface area contributed by atoms with Crippen molar-refractivity contribution in [1.29, 1.82) is 0 Å². The Morgan fingerprint density at radius 3 is 1.38 bits per heavy atom. The summed E-state index contributed by atoms with van der Waals surface area (Å²) < 4.78 is 30.9. The van der Waals surface area contributed by atoms with Crippen LogP contribution in [0, 0.1) is 0 Å². The second kappa shape index (κ2) is 12.1. The molecule has 0 unspecified atom stereocenters. The van der Waals surface area contributed by atoms with Crippen LogP contribution in [-0.2, 0) is 23.4 Å². The smallest absolute Gasteiger partial charge is 0.462 e. The summed E-state index contributed by atoms with van der Waals surface area (Å²) in [5.41, 5.74) is 6.00. The molecule has 0 aliphatic carbocycles. The van der Waals surface area contributed by atoms with E-state index in [-0.39, 0.29) is 12.6 Å². The molecule has 0 amide bonds. The molecule has 2 fully saturated rings. The van der Waals surface area contributed by atoms with E-state index in [0.29, 0.717) is 5.56 Å². The lowest BCUT2D eigenvalue weighted by Gasteiger charge is -2.32. The van der Waals surface area contributed by atoms with Crippen LogP contribution in [0.4, 0.5) is 0 Å². The van der Waals surface area contributed by atoms with Crippen LogP contribution in [0.15, 0.2) is 91.0 Å². The molecule has 47 heavy (non-hydrogen) atoms. The first-order valence-corrected chi connectivity index (χ1v) is 16.5.